The van der Waals surface area contributed by atoms with Crippen LogP contribution in [0.3, 0.4) is 0 Å². The normalized spacial score (nSPS) is 44.0. The molecule has 4 nitrogen and oxygen atoms in total. The minimum absolute atomic E-state index is 0. The van der Waals surface area contributed by atoms with E-state index in [-0.39, 0.29) is 17.8 Å². The average Bonchev–Trinajstić information content (AvgIpc) is 3.09. The summed E-state index contributed by atoms with van der Waals surface area (Å²) in [5, 5.41) is 7.82. The van der Waals surface area contributed by atoms with Gasteiger partial charge in [0, 0.05) is 12.0 Å². The molecule has 5 fully saturated rings. The fraction of sp³-hybridized carbons (Fsp3) is 0.875. The van der Waals surface area contributed by atoms with E-state index in [2.05, 4.69) is 10.5 Å². The van der Waals surface area contributed by atoms with Crippen LogP contribution in [0.15, 0.2) is 4.52 Å². The third-order valence-electron chi connectivity index (χ3n) is 6.36. The highest BCUT2D eigenvalue weighted by Crippen LogP contribution is 2.60. The van der Waals surface area contributed by atoms with Crippen LogP contribution in [0.1, 0.15) is 62.6 Å². The van der Waals surface area contributed by atoms with Crippen LogP contribution in [0.25, 0.3) is 0 Å². The number of hydrogen-bond acceptors (Lipinski definition) is 4. The van der Waals surface area contributed by atoms with E-state index in [1.807, 2.05) is 0 Å². The molecule has 6 rings (SSSR count). The van der Waals surface area contributed by atoms with Gasteiger partial charge in [-0.25, -0.2) is 0 Å². The van der Waals surface area contributed by atoms with Crippen LogP contribution < -0.4 is 5.32 Å². The first kappa shape index (κ1) is 14.0. The maximum Gasteiger partial charge on any atom is 0.231 e. The summed E-state index contributed by atoms with van der Waals surface area (Å²) in [7, 11) is 0. The molecule has 21 heavy (non-hydrogen) atoms. The van der Waals surface area contributed by atoms with E-state index in [1.54, 1.807) is 0 Å². The third-order valence-corrected chi connectivity index (χ3v) is 6.36. The second kappa shape index (κ2) is 4.95. The van der Waals surface area contributed by atoms with Crippen LogP contribution in [0.2, 0.25) is 0 Å². The van der Waals surface area contributed by atoms with Gasteiger partial charge in [0.15, 0.2) is 5.82 Å². The largest absolute Gasteiger partial charge is 0.339 e. The van der Waals surface area contributed by atoms with Crippen molar-refractivity contribution in [2.24, 2.45) is 17.8 Å². The van der Waals surface area contributed by atoms with E-state index < -0.39 is 0 Å². The lowest BCUT2D eigenvalue weighted by Gasteiger charge is -2.55. The Morgan fingerprint density at radius 1 is 1.05 bits per heavy atom. The van der Waals surface area contributed by atoms with Crippen molar-refractivity contribution in [3.05, 3.63) is 11.7 Å². The number of rotatable bonds is 2. The quantitative estimate of drug-likeness (QED) is 0.912. The Morgan fingerprint density at radius 2 is 1.71 bits per heavy atom. The molecule has 0 aromatic carbocycles. The molecular formula is C16H24ClN3O. The molecule has 0 amide bonds. The summed E-state index contributed by atoms with van der Waals surface area (Å²) in [5.74, 6) is 5.22. The van der Waals surface area contributed by atoms with Crippen molar-refractivity contribution in [2.75, 3.05) is 13.1 Å². The van der Waals surface area contributed by atoms with Gasteiger partial charge < -0.3 is 9.84 Å². The fourth-order valence-corrected chi connectivity index (χ4v) is 5.87. The van der Waals surface area contributed by atoms with Gasteiger partial charge in [0.2, 0.25) is 5.89 Å². The van der Waals surface area contributed by atoms with E-state index in [9.17, 15) is 0 Å². The van der Waals surface area contributed by atoms with Gasteiger partial charge in [-0.05, 0) is 69.2 Å². The van der Waals surface area contributed by atoms with Crippen LogP contribution in [0.5, 0.6) is 0 Å². The molecule has 5 heteroatoms. The standard InChI is InChI=1S/C16H23N3O.ClH/c1-2-17-9-13(1)14-18-15(19-20-14)16-6-10-3-11(7-16)5-12(4-10)8-16;/h10-13,17H,1-9H2;1H/t10?,11?,12?,13-,16?;/m1./s1. The lowest BCUT2D eigenvalue weighted by molar-refractivity contribution is -0.0103. The van der Waals surface area contributed by atoms with Crippen molar-refractivity contribution in [3.63, 3.8) is 0 Å². The first-order valence-corrected chi connectivity index (χ1v) is 8.35. The number of aromatic nitrogens is 2. The Kier molecular flexibility index (Phi) is 3.30. The predicted molar refractivity (Wildman–Crippen MR) is 81.6 cm³/mol. The summed E-state index contributed by atoms with van der Waals surface area (Å²) < 4.78 is 5.64. The van der Waals surface area contributed by atoms with Gasteiger partial charge in [0.1, 0.15) is 0 Å². The molecule has 1 atom stereocenters. The van der Waals surface area contributed by atoms with Crippen molar-refractivity contribution in [1.29, 1.82) is 0 Å². The third kappa shape index (κ3) is 2.14. The number of hydrogen-bond donors (Lipinski definition) is 1. The zero-order valence-corrected chi connectivity index (χ0v) is 13.2. The molecule has 5 aliphatic rings. The molecule has 1 N–H and O–H groups in total. The van der Waals surface area contributed by atoms with Crippen LogP contribution in [-0.2, 0) is 5.41 Å². The molecule has 4 bridgehead atoms. The molecule has 4 saturated carbocycles. The maximum atomic E-state index is 5.64. The van der Waals surface area contributed by atoms with Gasteiger partial charge in [-0.1, -0.05) is 5.16 Å². The van der Waals surface area contributed by atoms with Crippen LogP contribution in [0, 0.1) is 17.8 Å². The van der Waals surface area contributed by atoms with Crippen molar-refractivity contribution in [1.82, 2.24) is 15.5 Å². The van der Waals surface area contributed by atoms with Crippen LogP contribution >= 0.6 is 12.4 Å². The molecular weight excluding hydrogens is 286 g/mol. The summed E-state index contributed by atoms with van der Waals surface area (Å²) in [5.41, 5.74) is 0.280. The van der Waals surface area contributed by atoms with Gasteiger partial charge in [-0.15, -0.1) is 12.4 Å². The summed E-state index contributed by atoms with van der Waals surface area (Å²) in [6.07, 6.45) is 9.51. The average molecular weight is 310 g/mol. The Balaban J connectivity index is 0.00000115. The van der Waals surface area contributed by atoms with E-state index in [4.69, 9.17) is 9.51 Å². The first-order chi connectivity index (χ1) is 9.81. The number of halogens is 1. The highest BCUT2D eigenvalue weighted by Gasteiger charge is 2.53. The summed E-state index contributed by atoms with van der Waals surface area (Å²) in [4.78, 5) is 4.86. The molecule has 2 heterocycles. The van der Waals surface area contributed by atoms with Gasteiger partial charge in [0.25, 0.3) is 0 Å². The molecule has 1 saturated heterocycles. The minimum Gasteiger partial charge on any atom is -0.339 e. The van der Waals surface area contributed by atoms with Crippen molar-refractivity contribution in [2.45, 2.75) is 56.3 Å². The van der Waals surface area contributed by atoms with E-state index >= 15 is 0 Å². The van der Waals surface area contributed by atoms with Crippen LogP contribution in [0.4, 0.5) is 0 Å². The van der Waals surface area contributed by atoms with E-state index in [1.165, 1.54) is 38.5 Å². The number of nitrogens with zero attached hydrogens (tertiary/aromatic N) is 2. The zero-order chi connectivity index (χ0) is 13.2. The van der Waals surface area contributed by atoms with Gasteiger partial charge in [-0.2, -0.15) is 4.98 Å². The molecule has 116 valence electrons. The predicted octanol–water partition coefficient (Wildman–Crippen LogP) is 3.04. The fourth-order valence-electron chi connectivity index (χ4n) is 5.87. The highest BCUT2D eigenvalue weighted by molar-refractivity contribution is 5.85. The summed E-state index contributed by atoms with van der Waals surface area (Å²) in [6, 6.07) is 0. The monoisotopic (exact) mass is 309 g/mol. The molecule has 4 aliphatic carbocycles. The van der Waals surface area contributed by atoms with E-state index in [0.29, 0.717) is 5.92 Å². The maximum absolute atomic E-state index is 5.64. The lowest BCUT2D eigenvalue weighted by Crippen LogP contribution is -2.49. The minimum atomic E-state index is 0. The number of nitrogens with one attached hydrogen (secondary N) is 1. The first-order valence-electron chi connectivity index (χ1n) is 8.35. The van der Waals surface area contributed by atoms with Crippen molar-refractivity contribution in [3.8, 4) is 0 Å². The lowest BCUT2D eigenvalue weighted by atomic mass is 9.49. The Labute approximate surface area is 131 Å². The summed E-state index contributed by atoms with van der Waals surface area (Å²) in [6.45, 7) is 2.09. The SMILES string of the molecule is C1C[C@@H](c2nc(C34CC5CC(CC(C5)C3)C4)no2)CN1.Cl. The molecule has 0 radical (unpaired) electrons. The highest BCUT2D eigenvalue weighted by atomic mass is 35.5. The second-order valence-electron chi connectivity index (χ2n) is 7.84. The molecule has 1 aromatic heterocycles. The van der Waals surface area contributed by atoms with E-state index in [0.717, 1.165) is 49.0 Å². The Hall–Kier alpha value is -0.610. The molecule has 1 aliphatic heterocycles. The van der Waals surface area contributed by atoms with Gasteiger partial charge in [0.05, 0.1) is 5.92 Å². The van der Waals surface area contributed by atoms with Crippen LogP contribution in [-0.4, -0.2) is 23.2 Å². The smallest absolute Gasteiger partial charge is 0.231 e. The zero-order valence-electron chi connectivity index (χ0n) is 12.4. The molecule has 0 spiro atoms. The Morgan fingerprint density at radius 3 is 2.29 bits per heavy atom. The second-order valence-corrected chi connectivity index (χ2v) is 7.84. The van der Waals surface area contributed by atoms with Gasteiger partial charge >= 0.3 is 0 Å². The molecule has 0 unspecified atom stereocenters. The van der Waals surface area contributed by atoms with Crippen molar-refractivity contribution >= 4 is 12.4 Å². The van der Waals surface area contributed by atoms with Gasteiger partial charge in [-0.3, -0.25) is 0 Å². The van der Waals surface area contributed by atoms with Crippen molar-refractivity contribution < 1.29 is 4.52 Å². The Bertz CT molecular complexity index is 488. The topological polar surface area (TPSA) is 51.0 Å². The molecule has 1 aromatic rings. The summed E-state index contributed by atoms with van der Waals surface area (Å²) >= 11 is 0.